The second-order valence-electron chi connectivity index (χ2n) is 6.01. The molecule has 1 aromatic heterocycles. The molecule has 0 saturated heterocycles. The van der Waals surface area contributed by atoms with Gasteiger partial charge in [0.2, 0.25) is 0 Å². The SMILES string of the molecule is CCOc1ccc(OCc2ccc(C(=O)N/N=C(\C)c3ccco3)cc2)cc1. The van der Waals surface area contributed by atoms with Gasteiger partial charge in [-0.15, -0.1) is 0 Å². The summed E-state index contributed by atoms with van der Waals surface area (Å²) in [5.41, 5.74) is 4.60. The summed E-state index contributed by atoms with van der Waals surface area (Å²) in [5.74, 6) is 1.90. The smallest absolute Gasteiger partial charge is 0.271 e. The monoisotopic (exact) mass is 378 g/mol. The van der Waals surface area contributed by atoms with Gasteiger partial charge in [-0.25, -0.2) is 5.43 Å². The summed E-state index contributed by atoms with van der Waals surface area (Å²) in [6, 6.07) is 18.2. The fourth-order valence-electron chi connectivity index (χ4n) is 2.46. The van der Waals surface area contributed by atoms with Crippen molar-refractivity contribution in [3.05, 3.63) is 83.8 Å². The predicted molar refractivity (Wildman–Crippen MR) is 107 cm³/mol. The van der Waals surface area contributed by atoms with Crippen molar-refractivity contribution in [1.29, 1.82) is 0 Å². The Bertz CT molecular complexity index is 914. The van der Waals surface area contributed by atoms with Crippen LogP contribution in [0.4, 0.5) is 0 Å². The predicted octanol–water partition coefficient (Wildman–Crippen LogP) is 4.41. The first-order valence-electron chi connectivity index (χ1n) is 8.99. The highest BCUT2D eigenvalue weighted by Crippen LogP contribution is 2.18. The van der Waals surface area contributed by atoms with Crippen LogP contribution in [-0.4, -0.2) is 18.2 Å². The van der Waals surface area contributed by atoms with Crippen LogP contribution >= 0.6 is 0 Å². The van der Waals surface area contributed by atoms with Crippen molar-refractivity contribution in [2.45, 2.75) is 20.5 Å². The van der Waals surface area contributed by atoms with Gasteiger partial charge in [0.1, 0.15) is 29.6 Å². The second-order valence-corrected chi connectivity index (χ2v) is 6.01. The summed E-state index contributed by atoms with van der Waals surface area (Å²) in [5, 5.41) is 4.05. The van der Waals surface area contributed by atoms with Gasteiger partial charge in [-0.3, -0.25) is 4.79 Å². The number of ether oxygens (including phenoxy) is 2. The zero-order valence-corrected chi connectivity index (χ0v) is 15.8. The van der Waals surface area contributed by atoms with Crippen LogP contribution < -0.4 is 14.9 Å². The van der Waals surface area contributed by atoms with E-state index in [0.29, 0.717) is 30.2 Å². The molecule has 28 heavy (non-hydrogen) atoms. The molecular formula is C22H22N2O4. The lowest BCUT2D eigenvalue weighted by Crippen LogP contribution is -2.19. The molecule has 3 aromatic rings. The summed E-state index contributed by atoms with van der Waals surface area (Å²) in [7, 11) is 0. The highest BCUT2D eigenvalue weighted by molar-refractivity contribution is 5.99. The number of hydrazone groups is 1. The van der Waals surface area contributed by atoms with E-state index in [9.17, 15) is 4.79 Å². The van der Waals surface area contributed by atoms with Crippen molar-refractivity contribution < 1.29 is 18.7 Å². The van der Waals surface area contributed by atoms with E-state index in [2.05, 4.69) is 10.5 Å². The van der Waals surface area contributed by atoms with Crippen molar-refractivity contribution in [3.63, 3.8) is 0 Å². The molecule has 0 atom stereocenters. The minimum absolute atomic E-state index is 0.287. The van der Waals surface area contributed by atoms with Gasteiger partial charge < -0.3 is 13.9 Å². The highest BCUT2D eigenvalue weighted by Gasteiger charge is 2.06. The maximum Gasteiger partial charge on any atom is 0.271 e. The summed E-state index contributed by atoms with van der Waals surface area (Å²) < 4.78 is 16.4. The van der Waals surface area contributed by atoms with Crippen LogP contribution in [0.1, 0.15) is 35.5 Å². The molecule has 6 heteroatoms. The van der Waals surface area contributed by atoms with Crippen LogP contribution in [0.25, 0.3) is 0 Å². The van der Waals surface area contributed by atoms with Crippen molar-refractivity contribution in [2.24, 2.45) is 5.10 Å². The maximum atomic E-state index is 12.2. The molecule has 6 nitrogen and oxygen atoms in total. The number of furan rings is 1. The molecule has 0 radical (unpaired) electrons. The fourth-order valence-corrected chi connectivity index (χ4v) is 2.46. The van der Waals surface area contributed by atoms with Gasteiger partial charge in [-0.05, 0) is 67.9 Å². The van der Waals surface area contributed by atoms with Crippen LogP contribution in [0, 0.1) is 0 Å². The third kappa shape index (κ3) is 5.23. The average molecular weight is 378 g/mol. The molecule has 1 heterocycles. The Balaban J connectivity index is 1.52. The number of rotatable bonds is 8. The Hall–Kier alpha value is -3.54. The van der Waals surface area contributed by atoms with E-state index >= 15 is 0 Å². The molecule has 144 valence electrons. The Morgan fingerprint density at radius 2 is 1.68 bits per heavy atom. The van der Waals surface area contributed by atoms with Gasteiger partial charge in [0.05, 0.1) is 12.9 Å². The second kappa shape index (κ2) is 9.41. The molecule has 0 aliphatic heterocycles. The number of carbonyl (C=O) groups excluding carboxylic acids is 1. The third-order valence-electron chi connectivity index (χ3n) is 3.96. The topological polar surface area (TPSA) is 73.1 Å². The summed E-state index contributed by atoms with van der Waals surface area (Å²) in [4.78, 5) is 12.2. The summed E-state index contributed by atoms with van der Waals surface area (Å²) >= 11 is 0. The van der Waals surface area contributed by atoms with Crippen LogP contribution in [-0.2, 0) is 6.61 Å². The fraction of sp³-hybridized carbons (Fsp3) is 0.182. The van der Waals surface area contributed by atoms with Gasteiger partial charge in [0.15, 0.2) is 0 Å². The van der Waals surface area contributed by atoms with Crippen LogP contribution in [0.5, 0.6) is 11.5 Å². The first kappa shape index (κ1) is 19.2. The van der Waals surface area contributed by atoms with E-state index in [4.69, 9.17) is 13.9 Å². The minimum Gasteiger partial charge on any atom is -0.494 e. The Labute approximate surface area is 163 Å². The lowest BCUT2D eigenvalue weighted by atomic mass is 10.1. The molecule has 0 saturated carbocycles. The quantitative estimate of drug-likeness (QED) is 0.465. The first-order valence-corrected chi connectivity index (χ1v) is 8.99. The van der Waals surface area contributed by atoms with Crippen molar-refractivity contribution in [3.8, 4) is 11.5 Å². The highest BCUT2D eigenvalue weighted by atomic mass is 16.5. The maximum absolute atomic E-state index is 12.2. The van der Waals surface area contributed by atoms with Crippen molar-refractivity contribution >= 4 is 11.6 Å². The Morgan fingerprint density at radius 1 is 1.00 bits per heavy atom. The third-order valence-corrected chi connectivity index (χ3v) is 3.96. The van der Waals surface area contributed by atoms with Gasteiger partial charge >= 0.3 is 0 Å². The number of amides is 1. The van der Waals surface area contributed by atoms with Gasteiger partial charge in [0, 0.05) is 5.56 Å². The van der Waals surface area contributed by atoms with Gasteiger partial charge in [-0.2, -0.15) is 5.10 Å². The molecule has 0 spiro atoms. The molecule has 1 amide bonds. The van der Waals surface area contributed by atoms with Gasteiger partial charge in [-0.1, -0.05) is 12.1 Å². The number of carbonyl (C=O) groups is 1. The summed E-state index contributed by atoms with van der Waals surface area (Å²) in [6.45, 7) is 4.75. The standard InChI is InChI=1S/C22H22N2O4/c1-3-26-19-10-12-20(13-11-19)28-15-17-6-8-18(9-7-17)22(25)24-23-16(2)21-5-4-14-27-21/h4-14H,3,15H2,1-2H3,(H,24,25)/b23-16+. The summed E-state index contributed by atoms with van der Waals surface area (Å²) in [6.07, 6.45) is 1.56. The Morgan fingerprint density at radius 3 is 2.29 bits per heavy atom. The van der Waals surface area contributed by atoms with E-state index in [1.807, 2.05) is 43.3 Å². The van der Waals surface area contributed by atoms with E-state index < -0.39 is 0 Å². The lowest BCUT2D eigenvalue weighted by molar-refractivity contribution is 0.0954. The molecular weight excluding hydrogens is 356 g/mol. The van der Waals surface area contributed by atoms with E-state index in [1.54, 1.807) is 37.5 Å². The van der Waals surface area contributed by atoms with Crippen LogP contribution in [0.15, 0.2) is 76.4 Å². The molecule has 0 fully saturated rings. The zero-order chi connectivity index (χ0) is 19.8. The molecule has 0 bridgehead atoms. The molecule has 0 unspecified atom stereocenters. The average Bonchev–Trinajstić information content (AvgIpc) is 3.27. The van der Waals surface area contributed by atoms with Crippen LogP contribution in [0.2, 0.25) is 0 Å². The molecule has 0 aliphatic rings. The largest absolute Gasteiger partial charge is 0.494 e. The first-order chi connectivity index (χ1) is 13.7. The number of benzene rings is 2. The normalized spacial score (nSPS) is 11.1. The lowest BCUT2D eigenvalue weighted by Gasteiger charge is -2.08. The van der Waals surface area contributed by atoms with Crippen molar-refractivity contribution in [1.82, 2.24) is 5.43 Å². The van der Waals surface area contributed by atoms with Gasteiger partial charge in [0.25, 0.3) is 5.91 Å². The van der Waals surface area contributed by atoms with Crippen LogP contribution in [0.3, 0.4) is 0 Å². The van der Waals surface area contributed by atoms with E-state index in [0.717, 1.165) is 17.1 Å². The molecule has 1 N–H and O–H groups in total. The number of nitrogens with zero attached hydrogens (tertiary/aromatic N) is 1. The number of hydrogen-bond acceptors (Lipinski definition) is 5. The Kier molecular flexibility index (Phi) is 6.46. The van der Waals surface area contributed by atoms with Crippen molar-refractivity contribution in [2.75, 3.05) is 6.61 Å². The number of nitrogens with one attached hydrogen (secondary N) is 1. The zero-order valence-electron chi connectivity index (χ0n) is 15.8. The molecule has 0 aliphatic carbocycles. The number of hydrogen-bond donors (Lipinski definition) is 1. The molecule has 2 aromatic carbocycles. The van der Waals surface area contributed by atoms with E-state index in [-0.39, 0.29) is 5.91 Å². The van der Waals surface area contributed by atoms with E-state index in [1.165, 1.54) is 0 Å². The minimum atomic E-state index is -0.287. The molecule has 3 rings (SSSR count).